The average molecular weight is 759 g/mol. The van der Waals surface area contributed by atoms with Gasteiger partial charge in [0.1, 0.15) is 5.75 Å². The fourth-order valence-corrected chi connectivity index (χ4v) is 8.09. The van der Waals surface area contributed by atoms with Gasteiger partial charge in [0.15, 0.2) is 16.6 Å². The number of hydrogen-bond acceptors (Lipinski definition) is 11. The molecule has 51 heavy (non-hydrogen) atoms. The first-order valence-corrected chi connectivity index (χ1v) is 25.3. The third-order valence-electron chi connectivity index (χ3n) is 7.80. The molecule has 11 nitrogen and oxygen atoms in total. The number of carbonyl (C=O) groups excluding carboxylic acids is 2. The molecule has 14 heteroatoms. The van der Waals surface area contributed by atoms with Crippen molar-refractivity contribution in [1.82, 2.24) is 5.32 Å². The Kier molecular flexibility index (Phi) is 16.0. The molecule has 0 fully saturated rings. The van der Waals surface area contributed by atoms with E-state index in [0.717, 1.165) is 11.3 Å². The summed E-state index contributed by atoms with van der Waals surface area (Å²) < 4.78 is 28.9. The maximum absolute atomic E-state index is 14.1. The van der Waals surface area contributed by atoms with Gasteiger partial charge >= 0.3 is 11.9 Å². The number of methoxy groups -OCH3 is 1. The topological polar surface area (TPSA) is 135 Å². The number of thioether (sulfide) groups is 1. The quantitative estimate of drug-likeness (QED) is 0.0348. The van der Waals surface area contributed by atoms with Crippen LogP contribution in [0.15, 0.2) is 69.9 Å². The summed E-state index contributed by atoms with van der Waals surface area (Å²) in [5.74, 6) is -0.941. The summed E-state index contributed by atoms with van der Waals surface area (Å²) in [6.07, 6.45) is 2.08. The number of nitro groups is 1. The molecule has 0 saturated heterocycles. The lowest BCUT2D eigenvalue weighted by atomic mass is 9.78. The number of benzene rings is 2. The molecule has 0 aromatic heterocycles. The van der Waals surface area contributed by atoms with Crippen LogP contribution in [0.1, 0.15) is 56.6 Å². The second kappa shape index (κ2) is 19.4. The minimum atomic E-state index is -1.80. The number of dihydropyridines is 1. The second-order valence-corrected chi connectivity index (χ2v) is 24.1. The first kappa shape index (κ1) is 42.0. The third-order valence-corrected chi connectivity index (χ3v) is 11.1. The Hall–Kier alpha value is -3.44. The van der Waals surface area contributed by atoms with Crippen LogP contribution in [-0.4, -0.2) is 67.0 Å². The van der Waals surface area contributed by atoms with Crippen LogP contribution in [0.5, 0.6) is 5.75 Å². The van der Waals surface area contributed by atoms with Crippen molar-refractivity contribution in [3.05, 3.63) is 86.2 Å². The molecule has 1 heterocycles. The van der Waals surface area contributed by atoms with Gasteiger partial charge in [-0.25, -0.2) is 9.59 Å². The second-order valence-electron chi connectivity index (χ2n) is 14.0. The van der Waals surface area contributed by atoms with Crippen LogP contribution >= 0.6 is 11.8 Å². The highest BCUT2D eigenvalue weighted by Crippen LogP contribution is 2.46. The summed E-state index contributed by atoms with van der Waals surface area (Å²) in [5, 5.41) is 15.7. The molecule has 0 unspecified atom stereocenters. The van der Waals surface area contributed by atoms with Crippen LogP contribution in [0, 0.1) is 10.1 Å². The number of hydrogen-bond donors (Lipinski definition) is 1. The van der Waals surface area contributed by atoms with Gasteiger partial charge < -0.3 is 28.4 Å². The Morgan fingerprint density at radius 2 is 1.33 bits per heavy atom. The van der Waals surface area contributed by atoms with Crippen LogP contribution in [0.25, 0.3) is 0 Å². The molecule has 1 aliphatic heterocycles. The molecule has 2 aromatic carbocycles. The molecule has 0 bridgehead atoms. The highest BCUT2D eigenvalue weighted by Gasteiger charge is 2.41. The molecule has 0 atom stereocenters. The number of nitrogens with one attached hydrogen (secondary N) is 1. The van der Waals surface area contributed by atoms with Gasteiger partial charge in [-0.05, 0) is 108 Å². The van der Waals surface area contributed by atoms with Gasteiger partial charge in [-0.15, -0.1) is 11.8 Å². The molecular weight excluding hydrogens is 705 g/mol. The lowest BCUT2D eigenvalue weighted by Gasteiger charge is -2.34. The number of nitro benzene ring substituents is 1. The molecule has 1 aliphatic rings. The summed E-state index contributed by atoms with van der Waals surface area (Å²) in [4.78, 5) is 40.6. The Balaban J connectivity index is 2.27. The summed E-state index contributed by atoms with van der Waals surface area (Å²) in [5.41, 5.74) is 2.99. The van der Waals surface area contributed by atoms with Crippen LogP contribution < -0.4 is 10.1 Å². The van der Waals surface area contributed by atoms with Gasteiger partial charge in [0, 0.05) is 47.4 Å². The fraction of sp³-hybridized carbons (Fsp3) is 0.514. The molecule has 0 saturated carbocycles. The third kappa shape index (κ3) is 12.9. The lowest BCUT2D eigenvalue weighted by molar-refractivity contribution is -0.385. The van der Waals surface area contributed by atoms with Gasteiger partial charge in [-0.1, -0.05) is 12.1 Å². The Labute approximate surface area is 308 Å². The summed E-state index contributed by atoms with van der Waals surface area (Å²) in [6, 6.07) is 12.3. The van der Waals surface area contributed by atoms with E-state index in [9.17, 15) is 19.7 Å². The summed E-state index contributed by atoms with van der Waals surface area (Å²) >= 11 is 1.47. The van der Waals surface area contributed by atoms with Crippen LogP contribution in [0.3, 0.4) is 0 Å². The average Bonchev–Trinajstić information content (AvgIpc) is 3.06. The smallest absolute Gasteiger partial charge is 0.336 e. The molecule has 2 aromatic rings. The molecular formula is C37H54N2O9SSi2. The maximum Gasteiger partial charge on any atom is 0.336 e. The van der Waals surface area contributed by atoms with Gasteiger partial charge in [0.25, 0.3) is 5.69 Å². The van der Waals surface area contributed by atoms with E-state index in [4.69, 9.17) is 23.1 Å². The van der Waals surface area contributed by atoms with Crippen molar-refractivity contribution in [3.63, 3.8) is 0 Å². The first-order chi connectivity index (χ1) is 24.1. The van der Waals surface area contributed by atoms with E-state index in [1.54, 1.807) is 27.0 Å². The SMILES string of the molecule is CCOC(=O)C1=C(CCCO[Si](C)(C)C)NC(CCCO[Si](C)(C)C)=C(C(=O)OCC)C1c1cc([N+](=O)[O-])ccc1SCc1ccc(OC)cc1. The van der Waals surface area contributed by atoms with E-state index in [-0.39, 0.29) is 30.0 Å². The highest BCUT2D eigenvalue weighted by atomic mass is 32.2. The summed E-state index contributed by atoms with van der Waals surface area (Å²) in [7, 11) is -1.99. The van der Waals surface area contributed by atoms with E-state index in [0.29, 0.717) is 66.5 Å². The molecule has 280 valence electrons. The standard InChI is InChI=1S/C37H54N2O9SSi2/c1-10-45-36(40)34-30(14-12-22-47-50(4,5)6)38-31(15-13-23-48-51(7,8)9)35(37(41)46-11-2)33(34)29-24-27(39(42)43)18-21-32(29)49-25-26-16-19-28(44-3)20-17-26/h16-21,24,33,38H,10-15,22-23,25H2,1-9H3. The Morgan fingerprint density at radius 3 is 1.76 bits per heavy atom. The molecule has 3 rings (SSSR count). The van der Waals surface area contributed by atoms with Gasteiger partial charge in [0.2, 0.25) is 0 Å². The van der Waals surface area contributed by atoms with Crippen LogP contribution in [0.4, 0.5) is 5.69 Å². The highest BCUT2D eigenvalue weighted by molar-refractivity contribution is 7.98. The van der Waals surface area contributed by atoms with Crippen LogP contribution in [-0.2, 0) is 33.7 Å². The van der Waals surface area contributed by atoms with E-state index >= 15 is 0 Å². The first-order valence-electron chi connectivity index (χ1n) is 17.5. The van der Waals surface area contributed by atoms with Gasteiger partial charge in [-0.3, -0.25) is 10.1 Å². The van der Waals surface area contributed by atoms with Crippen molar-refractivity contribution in [2.75, 3.05) is 33.5 Å². The predicted molar refractivity (Wildman–Crippen MR) is 206 cm³/mol. The molecule has 1 N–H and O–H groups in total. The van der Waals surface area contributed by atoms with Crippen molar-refractivity contribution >= 4 is 46.0 Å². The number of carbonyl (C=O) groups is 2. The minimum absolute atomic E-state index is 0.106. The molecule has 0 radical (unpaired) electrons. The zero-order valence-corrected chi connectivity index (χ0v) is 34.3. The van der Waals surface area contributed by atoms with Crippen LogP contribution in [0.2, 0.25) is 39.3 Å². The number of non-ortho nitro benzene ring substituents is 1. The number of rotatable bonds is 20. The van der Waals surface area contributed by atoms with E-state index < -0.39 is 39.4 Å². The maximum atomic E-state index is 14.1. The zero-order valence-electron chi connectivity index (χ0n) is 31.5. The van der Waals surface area contributed by atoms with Crippen molar-refractivity contribution in [2.45, 2.75) is 95.4 Å². The number of esters is 2. The zero-order chi connectivity index (χ0) is 37.8. The monoisotopic (exact) mass is 758 g/mol. The largest absolute Gasteiger partial charge is 0.497 e. The molecule has 0 amide bonds. The number of ether oxygens (including phenoxy) is 3. The molecule has 0 aliphatic carbocycles. The van der Waals surface area contributed by atoms with E-state index in [1.165, 1.54) is 23.9 Å². The van der Waals surface area contributed by atoms with Gasteiger partial charge in [-0.2, -0.15) is 0 Å². The normalized spacial score (nSPS) is 14.0. The lowest BCUT2D eigenvalue weighted by Crippen LogP contribution is -2.35. The Bertz CT molecular complexity index is 1520. The van der Waals surface area contributed by atoms with Crippen molar-refractivity contribution in [3.8, 4) is 5.75 Å². The van der Waals surface area contributed by atoms with Gasteiger partial charge in [0.05, 0.1) is 42.3 Å². The van der Waals surface area contributed by atoms with E-state index in [2.05, 4.69) is 44.6 Å². The number of nitrogens with zero attached hydrogens (tertiary/aromatic N) is 1. The fourth-order valence-electron chi connectivity index (χ4n) is 5.56. The van der Waals surface area contributed by atoms with Crippen molar-refractivity contribution < 1.29 is 37.6 Å². The minimum Gasteiger partial charge on any atom is -0.497 e. The molecule has 0 spiro atoms. The predicted octanol–water partition coefficient (Wildman–Crippen LogP) is 8.48. The van der Waals surface area contributed by atoms with Crippen molar-refractivity contribution in [1.29, 1.82) is 0 Å². The Morgan fingerprint density at radius 1 is 0.824 bits per heavy atom. The van der Waals surface area contributed by atoms with E-state index in [1.807, 2.05) is 24.3 Å². The number of allylic oxidation sites excluding steroid dienone is 2. The van der Waals surface area contributed by atoms with Crippen molar-refractivity contribution in [2.24, 2.45) is 0 Å². The summed E-state index contributed by atoms with van der Waals surface area (Å²) in [6.45, 7) is 17.4.